The van der Waals surface area contributed by atoms with Gasteiger partial charge in [-0.15, -0.1) is 0 Å². The summed E-state index contributed by atoms with van der Waals surface area (Å²) in [5.41, 5.74) is 5.24. The molecule has 0 aliphatic heterocycles. The van der Waals surface area contributed by atoms with E-state index in [0.717, 1.165) is 12.8 Å². The molecule has 0 radical (unpaired) electrons. The lowest BCUT2D eigenvalue weighted by atomic mass is 9.78. The molecule has 1 saturated carbocycles. The Labute approximate surface area is 188 Å². The number of unbranched alkanes of at least 4 members (excludes halogenated alkanes) is 7. The fraction of sp³-hybridized carbons (Fsp3) is 0.586. The minimum atomic E-state index is -2.15. The molecule has 1 aliphatic carbocycles. The SMILES string of the molecule is CCCCCCCCCCc1ccc(-c2ccc([C@H]3CC[C@H](C(F)F)CC3)cc2)cc1. The first kappa shape index (κ1) is 24.0. The van der Waals surface area contributed by atoms with E-state index in [1.54, 1.807) is 0 Å². The predicted octanol–water partition coefficient (Wildman–Crippen LogP) is 9.58. The van der Waals surface area contributed by atoms with E-state index in [0.29, 0.717) is 18.8 Å². The summed E-state index contributed by atoms with van der Waals surface area (Å²) in [5.74, 6) is 0.0536. The van der Waals surface area contributed by atoms with E-state index in [-0.39, 0.29) is 5.92 Å². The van der Waals surface area contributed by atoms with Crippen molar-refractivity contribution in [3.63, 3.8) is 0 Å². The van der Waals surface area contributed by atoms with Gasteiger partial charge >= 0.3 is 0 Å². The van der Waals surface area contributed by atoms with Crippen LogP contribution in [0.4, 0.5) is 8.78 Å². The van der Waals surface area contributed by atoms with E-state index in [2.05, 4.69) is 55.5 Å². The average Bonchev–Trinajstić information content (AvgIpc) is 2.81. The Hall–Kier alpha value is -1.70. The van der Waals surface area contributed by atoms with Gasteiger partial charge in [-0.25, -0.2) is 8.78 Å². The quantitative estimate of drug-likeness (QED) is 0.296. The van der Waals surface area contributed by atoms with Gasteiger partial charge in [0.15, 0.2) is 0 Å². The van der Waals surface area contributed by atoms with Crippen molar-refractivity contribution in [1.82, 2.24) is 0 Å². The molecule has 0 aromatic heterocycles. The molecule has 2 aromatic rings. The smallest absolute Gasteiger partial charge is 0.210 e. The first-order valence-electron chi connectivity index (χ1n) is 12.6. The number of hydrogen-bond acceptors (Lipinski definition) is 0. The molecule has 0 N–H and O–H groups in total. The summed E-state index contributed by atoms with van der Waals surface area (Å²) in [5, 5.41) is 0. The number of rotatable bonds is 12. The maximum atomic E-state index is 12.9. The van der Waals surface area contributed by atoms with E-state index < -0.39 is 6.43 Å². The number of benzene rings is 2. The van der Waals surface area contributed by atoms with Gasteiger partial charge in [0.25, 0.3) is 0 Å². The number of hydrogen-bond donors (Lipinski definition) is 0. The highest BCUT2D eigenvalue weighted by atomic mass is 19.3. The molecular weight excluding hydrogens is 386 g/mol. The lowest BCUT2D eigenvalue weighted by molar-refractivity contribution is 0.0528. The summed E-state index contributed by atoms with van der Waals surface area (Å²) < 4.78 is 25.7. The summed E-state index contributed by atoms with van der Waals surface area (Å²) in [6.45, 7) is 2.27. The van der Waals surface area contributed by atoms with E-state index in [4.69, 9.17) is 0 Å². The largest absolute Gasteiger partial charge is 0.241 e. The first-order valence-corrected chi connectivity index (χ1v) is 12.6. The summed E-state index contributed by atoms with van der Waals surface area (Å²) in [7, 11) is 0. The van der Waals surface area contributed by atoms with Gasteiger partial charge in [-0.3, -0.25) is 0 Å². The van der Waals surface area contributed by atoms with Gasteiger partial charge in [-0.05, 0) is 66.7 Å². The zero-order valence-corrected chi connectivity index (χ0v) is 19.3. The fourth-order valence-corrected chi connectivity index (χ4v) is 4.98. The van der Waals surface area contributed by atoms with Crippen LogP contribution in [0.3, 0.4) is 0 Å². The molecule has 0 nitrogen and oxygen atoms in total. The molecule has 1 fully saturated rings. The first-order chi connectivity index (χ1) is 15.2. The zero-order valence-electron chi connectivity index (χ0n) is 19.3. The number of halogens is 2. The summed E-state index contributed by atoms with van der Waals surface area (Å²) in [6, 6.07) is 17.8. The van der Waals surface area contributed by atoms with Crippen LogP contribution in [0.25, 0.3) is 11.1 Å². The van der Waals surface area contributed by atoms with Crippen molar-refractivity contribution in [3.8, 4) is 11.1 Å². The third kappa shape index (κ3) is 7.74. The standard InChI is InChI=1S/C29H40F2/c1-2-3-4-5-6-7-8-9-10-23-11-13-24(14-12-23)25-15-17-26(18-16-25)27-19-21-28(22-20-27)29(30)31/h11-18,27-29H,2-10,19-22H2,1H3/t27-,28-. The number of aryl methyl sites for hydroxylation is 1. The lowest BCUT2D eigenvalue weighted by Gasteiger charge is -2.28. The molecule has 1 aliphatic rings. The van der Waals surface area contributed by atoms with Crippen LogP contribution < -0.4 is 0 Å². The van der Waals surface area contributed by atoms with Crippen molar-refractivity contribution in [2.45, 2.75) is 103 Å². The average molecular weight is 427 g/mol. The Morgan fingerprint density at radius 2 is 1.19 bits per heavy atom. The van der Waals surface area contributed by atoms with Crippen LogP contribution in [0.15, 0.2) is 48.5 Å². The second-order valence-corrected chi connectivity index (χ2v) is 9.49. The molecule has 0 atom stereocenters. The molecule has 0 unspecified atom stereocenters. The highest BCUT2D eigenvalue weighted by Gasteiger charge is 2.27. The third-order valence-electron chi connectivity index (χ3n) is 7.12. The molecule has 0 heterocycles. The Bertz CT molecular complexity index is 724. The Balaban J connectivity index is 1.41. The van der Waals surface area contributed by atoms with Gasteiger partial charge in [-0.2, -0.15) is 0 Å². The minimum absolute atomic E-state index is 0.389. The van der Waals surface area contributed by atoms with Crippen LogP contribution >= 0.6 is 0 Å². The third-order valence-corrected chi connectivity index (χ3v) is 7.12. The molecule has 2 aromatic carbocycles. The van der Waals surface area contributed by atoms with Gasteiger partial charge in [0, 0.05) is 5.92 Å². The topological polar surface area (TPSA) is 0 Å². The predicted molar refractivity (Wildman–Crippen MR) is 129 cm³/mol. The van der Waals surface area contributed by atoms with Gasteiger partial charge in [0.05, 0.1) is 0 Å². The van der Waals surface area contributed by atoms with Crippen LogP contribution in [0, 0.1) is 5.92 Å². The maximum Gasteiger partial charge on any atom is 0.241 e. The summed E-state index contributed by atoms with van der Waals surface area (Å²) in [4.78, 5) is 0. The Kier molecular flexibility index (Phi) is 10.0. The van der Waals surface area contributed by atoms with Crippen molar-refractivity contribution in [1.29, 1.82) is 0 Å². The Morgan fingerprint density at radius 3 is 1.74 bits per heavy atom. The molecule has 0 spiro atoms. The van der Waals surface area contributed by atoms with Gasteiger partial charge in [0.1, 0.15) is 0 Å². The molecule has 0 saturated heterocycles. The van der Waals surface area contributed by atoms with E-state index >= 15 is 0 Å². The Morgan fingerprint density at radius 1 is 0.677 bits per heavy atom. The fourth-order valence-electron chi connectivity index (χ4n) is 4.98. The summed E-state index contributed by atoms with van der Waals surface area (Å²) >= 11 is 0. The zero-order chi connectivity index (χ0) is 21.9. The molecule has 0 bridgehead atoms. The van der Waals surface area contributed by atoms with Crippen molar-refractivity contribution in [3.05, 3.63) is 59.7 Å². The van der Waals surface area contributed by atoms with Crippen LogP contribution in [-0.4, -0.2) is 6.43 Å². The van der Waals surface area contributed by atoms with Gasteiger partial charge in [0.2, 0.25) is 6.43 Å². The molecule has 2 heteroatoms. The monoisotopic (exact) mass is 426 g/mol. The molecule has 0 amide bonds. The molecule has 31 heavy (non-hydrogen) atoms. The number of alkyl halides is 2. The second kappa shape index (κ2) is 13.0. The van der Waals surface area contributed by atoms with Crippen LogP contribution in [0.1, 0.15) is 101 Å². The normalized spacial score (nSPS) is 19.1. The van der Waals surface area contributed by atoms with Crippen molar-refractivity contribution >= 4 is 0 Å². The molecule has 3 rings (SSSR count). The van der Waals surface area contributed by atoms with Crippen molar-refractivity contribution in [2.24, 2.45) is 5.92 Å². The van der Waals surface area contributed by atoms with E-state index in [1.165, 1.54) is 80.0 Å². The van der Waals surface area contributed by atoms with Crippen LogP contribution in [0.5, 0.6) is 0 Å². The minimum Gasteiger partial charge on any atom is -0.210 e. The highest BCUT2D eigenvalue weighted by Crippen LogP contribution is 2.38. The molecular formula is C29H40F2. The van der Waals surface area contributed by atoms with Crippen molar-refractivity contribution in [2.75, 3.05) is 0 Å². The van der Waals surface area contributed by atoms with Crippen LogP contribution in [0.2, 0.25) is 0 Å². The van der Waals surface area contributed by atoms with Gasteiger partial charge in [-0.1, -0.05) is 100 Å². The van der Waals surface area contributed by atoms with Gasteiger partial charge < -0.3 is 0 Å². The van der Waals surface area contributed by atoms with Crippen molar-refractivity contribution < 1.29 is 8.78 Å². The molecule has 170 valence electrons. The van der Waals surface area contributed by atoms with E-state index in [1.807, 2.05) is 0 Å². The van der Waals surface area contributed by atoms with E-state index in [9.17, 15) is 8.78 Å². The highest BCUT2D eigenvalue weighted by molar-refractivity contribution is 5.64. The van der Waals surface area contributed by atoms with Crippen LogP contribution in [-0.2, 0) is 6.42 Å². The second-order valence-electron chi connectivity index (χ2n) is 9.49. The maximum absolute atomic E-state index is 12.9. The lowest BCUT2D eigenvalue weighted by Crippen LogP contribution is -2.19. The summed E-state index contributed by atoms with van der Waals surface area (Å²) in [6.07, 6.45) is 13.0.